The van der Waals surface area contributed by atoms with Crippen LogP contribution in [0.1, 0.15) is 26.3 Å². The van der Waals surface area contributed by atoms with E-state index in [1.807, 2.05) is 24.3 Å². The Labute approximate surface area is 156 Å². The molecular weight excluding hydrogens is 352 g/mol. The zero-order chi connectivity index (χ0) is 18.5. The first-order valence-electron chi connectivity index (χ1n) is 8.24. The van der Waals surface area contributed by atoms with Crippen molar-refractivity contribution in [3.8, 4) is 0 Å². The van der Waals surface area contributed by atoms with Crippen molar-refractivity contribution < 1.29 is 9.59 Å². The number of nitrogens with one attached hydrogen (secondary N) is 2. The number of imide groups is 1. The third-order valence-corrected chi connectivity index (χ3v) is 4.31. The molecule has 0 atom stereocenters. The average molecular weight is 371 g/mol. The lowest BCUT2D eigenvalue weighted by Crippen LogP contribution is -2.42. The molecule has 0 spiro atoms. The Morgan fingerprint density at radius 2 is 1.73 bits per heavy atom. The second kappa shape index (κ2) is 8.01. The third-order valence-electron chi connectivity index (χ3n) is 4.08. The minimum atomic E-state index is -0.255. The van der Waals surface area contributed by atoms with E-state index in [1.54, 1.807) is 31.3 Å². The van der Waals surface area contributed by atoms with Crippen molar-refractivity contribution in [1.82, 2.24) is 15.5 Å². The summed E-state index contributed by atoms with van der Waals surface area (Å²) < 4.78 is 0. The van der Waals surface area contributed by atoms with E-state index in [0.29, 0.717) is 35.2 Å². The highest BCUT2D eigenvalue weighted by Gasteiger charge is 2.34. The molecule has 1 heterocycles. The molecule has 0 aromatic heterocycles. The van der Waals surface area contributed by atoms with E-state index in [9.17, 15) is 9.59 Å². The van der Waals surface area contributed by atoms with Crippen LogP contribution >= 0.6 is 11.6 Å². The molecule has 0 bridgehead atoms. The molecule has 0 radical (unpaired) electrons. The van der Waals surface area contributed by atoms with Gasteiger partial charge in [0.25, 0.3) is 11.8 Å². The average Bonchev–Trinajstić information content (AvgIpc) is 2.89. The minimum Gasteiger partial charge on any atom is -0.355 e. The second-order valence-corrected chi connectivity index (χ2v) is 6.23. The number of benzene rings is 2. The number of hydrogen-bond donors (Lipinski definition) is 2. The van der Waals surface area contributed by atoms with Crippen molar-refractivity contribution >= 4 is 29.4 Å². The summed E-state index contributed by atoms with van der Waals surface area (Å²) in [5, 5.41) is 6.96. The van der Waals surface area contributed by atoms with E-state index < -0.39 is 0 Å². The Morgan fingerprint density at radius 3 is 2.35 bits per heavy atom. The SMILES string of the molecule is CN=C(NCCN1C(=O)c2ccccc2C1=O)NCc1cccc(Cl)c1. The maximum absolute atomic E-state index is 12.3. The van der Waals surface area contributed by atoms with Crippen LogP contribution in [0.5, 0.6) is 0 Å². The van der Waals surface area contributed by atoms with Crippen LogP contribution in [0.15, 0.2) is 53.5 Å². The Bertz CT molecular complexity index is 831. The predicted molar refractivity (Wildman–Crippen MR) is 101 cm³/mol. The minimum absolute atomic E-state index is 0.255. The van der Waals surface area contributed by atoms with Gasteiger partial charge in [-0.25, -0.2) is 0 Å². The topological polar surface area (TPSA) is 73.8 Å². The van der Waals surface area contributed by atoms with Crippen LogP contribution in [0, 0.1) is 0 Å². The number of aliphatic imine (C=N–C) groups is 1. The van der Waals surface area contributed by atoms with Crippen LogP contribution in [0.4, 0.5) is 0 Å². The van der Waals surface area contributed by atoms with E-state index >= 15 is 0 Å². The highest BCUT2D eigenvalue weighted by Crippen LogP contribution is 2.21. The summed E-state index contributed by atoms with van der Waals surface area (Å²) in [6.07, 6.45) is 0. The van der Waals surface area contributed by atoms with Gasteiger partial charge >= 0.3 is 0 Å². The van der Waals surface area contributed by atoms with Gasteiger partial charge in [0.15, 0.2) is 5.96 Å². The molecule has 2 N–H and O–H groups in total. The van der Waals surface area contributed by atoms with Crippen molar-refractivity contribution in [2.24, 2.45) is 4.99 Å². The van der Waals surface area contributed by atoms with Crippen LogP contribution in [0.2, 0.25) is 5.02 Å². The molecule has 1 aliphatic heterocycles. The van der Waals surface area contributed by atoms with Gasteiger partial charge in [0, 0.05) is 31.7 Å². The number of hydrogen-bond acceptors (Lipinski definition) is 3. The van der Waals surface area contributed by atoms with Gasteiger partial charge in [-0.1, -0.05) is 35.9 Å². The molecule has 26 heavy (non-hydrogen) atoms. The van der Waals surface area contributed by atoms with Crippen molar-refractivity contribution in [3.05, 3.63) is 70.2 Å². The molecule has 6 nitrogen and oxygen atoms in total. The predicted octanol–water partition coefficient (Wildman–Crippen LogP) is 2.30. The first-order chi connectivity index (χ1) is 12.6. The molecule has 2 amide bonds. The van der Waals surface area contributed by atoms with Crippen LogP contribution in [-0.4, -0.2) is 42.8 Å². The number of amides is 2. The fraction of sp³-hybridized carbons (Fsp3) is 0.211. The van der Waals surface area contributed by atoms with Crippen LogP contribution in [0.3, 0.4) is 0 Å². The zero-order valence-corrected chi connectivity index (χ0v) is 15.1. The Balaban J connectivity index is 1.51. The number of nitrogens with zero attached hydrogens (tertiary/aromatic N) is 2. The molecule has 2 aromatic rings. The van der Waals surface area contributed by atoms with Gasteiger partial charge < -0.3 is 10.6 Å². The first kappa shape index (κ1) is 17.9. The maximum atomic E-state index is 12.3. The van der Waals surface area contributed by atoms with Gasteiger partial charge in [-0.05, 0) is 29.8 Å². The van der Waals surface area contributed by atoms with Crippen LogP contribution in [0.25, 0.3) is 0 Å². The Hall–Kier alpha value is -2.86. The molecule has 134 valence electrons. The van der Waals surface area contributed by atoms with Gasteiger partial charge in [0.05, 0.1) is 11.1 Å². The van der Waals surface area contributed by atoms with Gasteiger partial charge in [-0.15, -0.1) is 0 Å². The van der Waals surface area contributed by atoms with E-state index in [4.69, 9.17) is 11.6 Å². The van der Waals surface area contributed by atoms with Crippen molar-refractivity contribution in [1.29, 1.82) is 0 Å². The second-order valence-electron chi connectivity index (χ2n) is 5.79. The van der Waals surface area contributed by atoms with E-state index in [1.165, 1.54) is 4.90 Å². The normalized spacial score (nSPS) is 13.8. The van der Waals surface area contributed by atoms with Gasteiger partial charge in [-0.3, -0.25) is 19.5 Å². The summed E-state index contributed by atoms with van der Waals surface area (Å²) in [5.74, 6) is 0.0742. The largest absolute Gasteiger partial charge is 0.355 e. The lowest BCUT2D eigenvalue weighted by Gasteiger charge is -2.16. The summed E-state index contributed by atoms with van der Waals surface area (Å²) in [6, 6.07) is 14.4. The van der Waals surface area contributed by atoms with Gasteiger partial charge in [0.2, 0.25) is 0 Å². The molecule has 1 aliphatic rings. The first-order valence-corrected chi connectivity index (χ1v) is 8.62. The number of halogens is 1. The van der Waals surface area contributed by atoms with Crippen molar-refractivity contribution in [2.45, 2.75) is 6.54 Å². The number of carbonyl (C=O) groups is 2. The summed E-state index contributed by atoms with van der Waals surface area (Å²) in [6.45, 7) is 1.23. The maximum Gasteiger partial charge on any atom is 0.261 e. The lowest BCUT2D eigenvalue weighted by atomic mass is 10.1. The number of rotatable bonds is 5. The van der Waals surface area contributed by atoms with E-state index in [-0.39, 0.29) is 18.4 Å². The van der Waals surface area contributed by atoms with Crippen LogP contribution in [-0.2, 0) is 6.54 Å². The number of fused-ring (bicyclic) bond motifs is 1. The van der Waals surface area contributed by atoms with Crippen molar-refractivity contribution in [3.63, 3.8) is 0 Å². The molecule has 0 fully saturated rings. The standard InChI is InChI=1S/C19H19ClN4O2/c1-21-19(23-12-13-5-4-6-14(20)11-13)22-9-10-24-17(25)15-7-2-3-8-16(15)18(24)26/h2-8,11H,9-10,12H2,1H3,(H2,21,22,23). The third kappa shape index (κ3) is 3.86. The smallest absolute Gasteiger partial charge is 0.261 e. The van der Waals surface area contributed by atoms with E-state index in [0.717, 1.165) is 5.56 Å². The summed E-state index contributed by atoms with van der Waals surface area (Å²) >= 11 is 5.97. The fourth-order valence-electron chi connectivity index (χ4n) is 2.78. The molecule has 0 saturated carbocycles. The number of guanidine groups is 1. The van der Waals surface area contributed by atoms with Crippen molar-refractivity contribution in [2.75, 3.05) is 20.1 Å². The highest BCUT2D eigenvalue weighted by molar-refractivity contribution is 6.30. The number of carbonyl (C=O) groups excluding carboxylic acids is 2. The zero-order valence-electron chi connectivity index (χ0n) is 14.3. The summed E-state index contributed by atoms with van der Waals surface area (Å²) in [4.78, 5) is 30.0. The fourth-order valence-corrected chi connectivity index (χ4v) is 2.99. The molecule has 0 saturated heterocycles. The quantitative estimate of drug-likeness (QED) is 0.481. The molecule has 7 heteroatoms. The lowest BCUT2D eigenvalue weighted by molar-refractivity contribution is 0.0657. The van der Waals surface area contributed by atoms with Gasteiger partial charge in [-0.2, -0.15) is 0 Å². The van der Waals surface area contributed by atoms with Gasteiger partial charge in [0.1, 0.15) is 0 Å². The Kier molecular flexibility index (Phi) is 5.53. The highest BCUT2D eigenvalue weighted by atomic mass is 35.5. The Morgan fingerprint density at radius 1 is 1.04 bits per heavy atom. The van der Waals surface area contributed by atoms with Crippen LogP contribution < -0.4 is 10.6 Å². The molecule has 3 rings (SSSR count). The summed E-state index contributed by atoms with van der Waals surface area (Å²) in [5.41, 5.74) is 1.95. The summed E-state index contributed by atoms with van der Waals surface area (Å²) in [7, 11) is 1.66. The molecule has 0 aliphatic carbocycles. The monoisotopic (exact) mass is 370 g/mol. The molecule has 0 unspecified atom stereocenters. The molecular formula is C19H19ClN4O2. The van der Waals surface area contributed by atoms with E-state index in [2.05, 4.69) is 15.6 Å². The molecule has 2 aromatic carbocycles.